The molecule has 0 fully saturated rings. The highest BCUT2D eigenvalue weighted by Crippen LogP contribution is 2.19. The fraction of sp³-hybridized carbons (Fsp3) is 0.500. The normalized spacial score (nSPS) is 12.1. The van der Waals surface area contributed by atoms with Crippen LogP contribution in [0.4, 0.5) is 0 Å². The quantitative estimate of drug-likeness (QED) is 0.532. The molecule has 18 heavy (non-hydrogen) atoms. The molecular weight excluding hydrogens is 222 g/mol. The Labute approximate surface area is 111 Å². The summed E-state index contributed by atoms with van der Waals surface area (Å²) in [5.41, 5.74) is 1.20. The highest BCUT2D eigenvalue weighted by atomic mass is 16.5. The lowest BCUT2D eigenvalue weighted by Crippen LogP contribution is -2.29. The van der Waals surface area contributed by atoms with E-state index in [-0.39, 0.29) is 6.10 Å². The van der Waals surface area contributed by atoms with Crippen LogP contribution in [0.15, 0.2) is 36.9 Å². The number of unbranched alkanes of at least 4 members (excludes halogenated alkanes) is 1. The lowest BCUT2D eigenvalue weighted by Gasteiger charge is -2.17. The second-order valence-electron chi connectivity index (χ2n) is 4.59. The van der Waals surface area contributed by atoms with Crippen molar-refractivity contribution in [2.24, 2.45) is 0 Å². The van der Waals surface area contributed by atoms with E-state index in [0.717, 1.165) is 25.3 Å². The minimum absolute atomic E-state index is 0.188. The van der Waals surface area contributed by atoms with Gasteiger partial charge in [-0.05, 0) is 37.9 Å². The number of hydrogen-bond acceptors (Lipinski definition) is 2. The van der Waals surface area contributed by atoms with Crippen molar-refractivity contribution in [2.45, 2.75) is 39.2 Å². The van der Waals surface area contributed by atoms with Crippen LogP contribution in [-0.4, -0.2) is 19.2 Å². The van der Waals surface area contributed by atoms with E-state index in [0.29, 0.717) is 0 Å². The summed E-state index contributed by atoms with van der Waals surface area (Å²) < 4.78 is 5.97. The summed E-state index contributed by atoms with van der Waals surface area (Å²) in [6.07, 6.45) is 5.40. The Kier molecular flexibility index (Phi) is 7.19. The third kappa shape index (κ3) is 5.37. The van der Waals surface area contributed by atoms with E-state index >= 15 is 0 Å². The van der Waals surface area contributed by atoms with Crippen LogP contribution in [0, 0.1) is 0 Å². The second kappa shape index (κ2) is 8.76. The number of hydrogen-bond donors (Lipinski definition) is 1. The summed E-state index contributed by atoms with van der Waals surface area (Å²) in [5.74, 6) is 0.974. The first-order chi connectivity index (χ1) is 8.77. The lowest BCUT2D eigenvalue weighted by atomic mass is 10.1. The first-order valence-corrected chi connectivity index (χ1v) is 6.84. The molecule has 1 unspecified atom stereocenters. The Hall–Kier alpha value is -1.28. The fourth-order valence-corrected chi connectivity index (χ4v) is 1.81. The zero-order valence-electron chi connectivity index (χ0n) is 11.6. The van der Waals surface area contributed by atoms with E-state index in [1.165, 1.54) is 18.4 Å². The number of ether oxygens (including phenoxy) is 1. The molecule has 1 aromatic carbocycles. The summed E-state index contributed by atoms with van der Waals surface area (Å²) in [7, 11) is 0. The van der Waals surface area contributed by atoms with Crippen molar-refractivity contribution in [1.82, 2.24) is 5.32 Å². The minimum atomic E-state index is 0.188. The predicted octanol–water partition coefficient (Wildman–Crippen LogP) is 3.57. The van der Waals surface area contributed by atoms with Gasteiger partial charge in [0, 0.05) is 6.54 Å². The SMILES string of the molecule is C=CCc1ccccc1OC(C)CNCCCC. The van der Waals surface area contributed by atoms with Gasteiger partial charge in [0.2, 0.25) is 0 Å². The van der Waals surface area contributed by atoms with Crippen LogP contribution >= 0.6 is 0 Å². The maximum absolute atomic E-state index is 5.97. The molecule has 0 bridgehead atoms. The average molecular weight is 247 g/mol. The summed E-state index contributed by atoms with van der Waals surface area (Å²) in [4.78, 5) is 0. The molecule has 2 heteroatoms. The molecule has 1 aromatic rings. The summed E-state index contributed by atoms with van der Waals surface area (Å²) in [5, 5.41) is 3.41. The van der Waals surface area contributed by atoms with Gasteiger partial charge < -0.3 is 10.1 Å². The Morgan fingerprint density at radius 3 is 2.89 bits per heavy atom. The molecule has 0 amide bonds. The third-order valence-corrected chi connectivity index (χ3v) is 2.80. The van der Waals surface area contributed by atoms with Crippen molar-refractivity contribution in [2.75, 3.05) is 13.1 Å². The van der Waals surface area contributed by atoms with Gasteiger partial charge in [0.1, 0.15) is 11.9 Å². The van der Waals surface area contributed by atoms with Crippen LogP contribution < -0.4 is 10.1 Å². The van der Waals surface area contributed by atoms with Gasteiger partial charge in [-0.25, -0.2) is 0 Å². The van der Waals surface area contributed by atoms with Crippen molar-refractivity contribution in [3.63, 3.8) is 0 Å². The number of nitrogens with one attached hydrogen (secondary N) is 1. The van der Waals surface area contributed by atoms with Crippen LogP contribution in [0.25, 0.3) is 0 Å². The molecule has 1 rings (SSSR count). The standard InChI is InChI=1S/C16H25NO/c1-4-6-12-17-13-14(3)18-16-11-8-7-10-15(16)9-5-2/h5,7-8,10-11,14,17H,2,4,6,9,12-13H2,1,3H3. The monoisotopic (exact) mass is 247 g/mol. The van der Waals surface area contributed by atoms with Crippen molar-refractivity contribution < 1.29 is 4.74 Å². The molecule has 0 aromatic heterocycles. The Balaban J connectivity index is 2.43. The molecule has 1 N–H and O–H groups in total. The largest absolute Gasteiger partial charge is 0.489 e. The van der Waals surface area contributed by atoms with Crippen LogP contribution in [0.2, 0.25) is 0 Å². The summed E-state index contributed by atoms with van der Waals surface area (Å²) in [6, 6.07) is 8.17. The molecule has 0 saturated heterocycles. The smallest absolute Gasteiger partial charge is 0.123 e. The molecule has 0 aliphatic rings. The molecule has 0 radical (unpaired) electrons. The fourth-order valence-electron chi connectivity index (χ4n) is 1.81. The molecular formula is C16H25NO. The predicted molar refractivity (Wildman–Crippen MR) is 78.2 cm³/mol. The van der Waals surface area contributed by atoms with E-state index in [1.807, 2.05) is 24.3 Å². The Morgan fingerprint density at radius 1 is 1.39 bits per heavy atom. The van der Waals surface area contributed by atoms with E-state index in [1.54, 1.807) is 0 Å². The average Bonchev–Trinajstić information content (AvgIpc) is 2.37. The van der Waals surface area contributed by atoms with E-state index in [2.05, 4.69) is 31.8 Å². The molecule has 0 heterocycles. The highest BCUT2D eigenvalue weighted by molar-refractivity contribution is 5.34. The minimum Gasteiger partial charge on any atom is -0.489 e. The Bertz CT molecular complexity index is 349. The number of benzene rings is 1. The molecule has 0 saturated carbocycles. The number of para-hydroxylation sites is 1. The van der Waals surface area contributed by atoms with Gasteiger partial charge in [-0.15, -0.1) is 6.58 Å². The van der Waals surface area contributed by atoms with E-state index in [4.69, 9.17) is 4.74 Å². The van der Waals surface area contributed by atoms with Crippen molar-refractivity contribution in [3.8, 4) is 5.75 Å². The number of rotatable bonds is 9. The van der Waals surface area contributed by atoms with Gasteiger partial charge in [0.15, 0.2) is 0 Å². The van der Waals surface area contributed by atoms with Gasteiger partial charge in [0.05, 0.1) is 0 Å². The van der Waals surface area contributed by atoms with Crippen LogP contribution in [-0.2, 0) is 6.42 Å². The third-order valence-electron chi connectivity index (χ3n) is 2.80. The molecule has 0 aliphatic carbocycles. The van der Waals surface area contributed by atoms with E-state index < -0.39 is 0 Å². The van der Waals surface area contributed by atoms with Gasteiger partial charge in [-0.1, -0.05) is 37.6 Å². The van der Waals surface area contributed by atoms with Gasteiger partial charge in [0.25, 0.3) is 0 Å². The van der Waals surface area contributed by atoms with Gasteiger partial charge >= 0.3 is 0 Å². The van der Waals surface area contributed by atoms with Gasteiger partial charge in [-0.2, -0.15) is 0 Å². The maximum atomic E-state index is 5.97. The van der Waals surface area contributed by atoms with Gasteiger partial charge in [-0.3, -0.25) is 0 Å². The Morgan fingerprint density at radius 2 is 2.17 bits per heavy atom. The van der Waals surface area contributed by atoms with Crippen LogP contribution in [0.5, 0.6) is 5.75 Å². The molecule has 1 atom stereocenters. The molecule has 0 aliphatic heterocycles. The highest BCUT2D eigenvalue weighted by Gasteiger charge is 2.06. The van der Waals surface area contributed by atoms with Crippen molar-refractivity contribution in [1.29, 1.82) is 0 Å². The second-order valence-corrected chi connectivity index (χ2v) is 4.59. The maximum Gasteiger partial charge on any atom is 0.123 e. The molecule has 100 valence electrons. The van der Waals surface area contributed by atoms with Crippen molar-refractivity contribution >= 4 is 0 Å². The van der Waals surface area contributed by atoms with Crippen LogP contribution in [0.1, 0.15) is 32.3 Å². The summed E-state index contributed by atoms with van der Waals surface area (Å²) in [6.45, 7) is 10.0. The molecule has 2 nitrogen and oxygen atoms in total. The first kappa shape index (κ1) is 14.8. The van der Waals surface area contributed by atoms with E-state index in [9.17, 15) is 0 Å². The zero-order chi connectivity index (χ0) is 13.2. The first-order valence-electron chi connectivity index (χ1n) is 6.84. The zero-order valence-corrected chi connectivity index (χ0v) is 11.6. The lowest BCUT2D eigenvalue weighted by molar-refractivity contribution is 0.215. The number of allylic oxidation sites excluding steroid dienone is 1. The summed E-state index contributed by atoms with van der Waals surface area (Å²) >= 11 is 0. The topological polar surface area (TPSA) is 21.3 Å². The van der Waals surface area contributed by atoms with Crippen LogP contribution in [0.3, 0.4) is 0 Å². The molecule has 0 spiro atoms. The van der Waals surface area contributed by atoms with Crippen molar-refractivity contribution in [3.05, 3.63) is 42.5 Å².